The quantitative estimate of drug-likeness (QED) is 0.646. The van der Waals surface area contributed by atoms with Crippen molar-refractivity contribution in [3.63, 3.8) is 0 Å². The topological polar surface area (TPSA) is 73.1 Å². The molecule has 0 spiro atoms. The molecule has 1 rings (SSSR count). The monoisotopic (exact) mass is 258 g/mol. The van der Waals surface area contributed by atoms with Crippen LogP contribution < -0.4 is 5.32 Å². The molecule has 1 aromatic carbocycles. The second-order valence-corrected chi connectivity index (χ2v) is 4.80. The third kappa shape index (κ3) is 3.85. The van der Waals surface area contributed by atoms with E-state index in [0.29, 0.717) is 11.1 Å². The van der Waals surface area contributed by atoms with Crippen molar-refractivity contribution >= 4 is 12.0 Å². The Morgan fingerprint density at radius 2 is 1.89 bits per heavy atom. The number of aryl methyl sites for hydroxylation is 2. The van der Waals surface area contributed by atoms with Gasteiger partial charge in [-0.15, -0.1) is 0 Å². The predicted octanol–water partition coefficient (Wildman–Crippen LogP) is 2.44. The number of nitrogens with zero attached hydrogens (tertiary/aromatic N) is 1. The van der Waals surface area contributed by atoms with Gasteiger partial charge in [0.25, 0.3) is 5.91 Å². The van der Waals surface area contributed by atoms with Gasteiger partial charge in [-0.25, -0.2) is 0 Å². The molecule has 0 aromatic heterocycles. The van der Waals surface area contributed by atoms with Crippen molar-refractivity contribution in [3.05, 3.63) is 34.4 Å². The van der Waals surface area contributed by atoms with Gasteiger partial charge < -0.3 is 10.4 Å². The first-order valence-electron chi connectivity index (χ1n) is 6.08. The standard InChI is InChI=1S/C15H18N2O2/c1-9(2)17-15(19)13(8-16)7-12-5-10(3)14(18)11(4)6-12/h5-7,9,18H,1-4H3,(H,17,19)/b13-7-. The third-order valence-corrected chi connectivity index (χ3v) is 2.61. The molecule has 0 saturated carbocycles. The Morgan fingerprint density at radius 1 is 1.37 bits per heavy atom. The number of carbonyl (C=O) groups is 1. The maximum atomic E-state index is 11.8. The van der Waals surface area contributed by atoms with Crippen molar-refractivity contribution in [2.24, 2.45) is 0 Å². The van der Waals surface area contributed by atoms with Gasteiger partial charge in [0.2, 0.25) is 0 Å². The highest BCUT2D eigenvalue weighted by Gasteiger charge is 2.10. The lowest BCUT2D eigenvalue weighted by molar-refractivity contribution is -0.117. The fraction of sp³-hybridized carbons (Fsp3) is 0.333. The summed E-state index contributed by atoms with van der Waals surface area (Å²) in [4.78, 5) is 11.8. The largest absolute Gasteiger partial charge is 0.507 e. The number of nitriles is 1. The van der Waals surface area contributed by atoms with Crippen LogP contribution in [-0.2, 0) is 4.79 Å². The molecular weight excluding hydrogens is 240 g/mol. The number of phenols is 1. The Balaban J connectivity index is 3.12. The lowest BCUT2D eigenvalue weighted by atomic mass is 10.0. The Labute approximate surface area is 113 Å². The maximum Gasteiger partial charge on any atom is 0.262 e. The SMILES string of the molecule is Cc1cc(/C=C(/C#N)C(=O)NC(C)C)cc(C)c1O. The van der Waals surface area contributed by atoms with E-state index in [0.717, 1.165) is 5.56 Å². The zero-order valence-corrected chi connectivity index (χ0v) is 11.6. The second-order valence-electron chi connectivity index (χ2n) is 4.80. The van der Waals surface area contributed by atoms with Gasteiger partial charge in [0, 0.05) is 6.04 Å². The summed E-state index contributed by atoms with van der Waals surface area (Å²) in [5.41, 5.74) is 2.21. The van der Waals surface area contributed by atoms with Crippen molar-refractivity contribution in [1.82, 2.24) is 5.32 Å². The number of hydrogen-bond acceptors (Lipinski definition) is 3. The summed E-state index contributed by atoms with van der Waals surface area (Å²) >= 11 is 0. The van der Waals surface area contributed by atoms with Crippen molar-refractivity contribution in [2.75, 3.05) is 0 Å². The van der Waals surface area contributed by atoms with Crippen LogP contribution in [0.15, 0.2) is 17.7 Å². The summed E-state index contributed by atoms with van der Waals surface area (Å²) in [6.45, 7) is 7.23. The van der Waals surface area contributed by atoms with Gasteiger partial charge >= 0.3 is 0 Å². The molecule has 100 valence electrons. The molecule has 0 fully saturated rings. The van der Waals surface area contributed by atoms with Crippen LogP contribution >= 0.6 is 0 Å². The molecule has 0 atom stereocenters. The van der Waals surface area contributed by atoms with Crippen molar-refractivity contribution in [2.45, 2.75) is 33.7 Å². The van der Waals surface area contributed by atoms with E-state index in [1.54, 1.807) is 26.0 Å². The van der Waals surface area contributed by atoms with Crippen LogP contribution in [0.4, 0.5) is 0 Å². The molecule has 1 amide bonds. The predicted molar refractivity (Wildman–Crippen MR) is 74.4 cm³/mol. The van der Waals surface area contributed by atoms with E-state index in [1.807, 2.05) is 19.9 Å². The molecular formula is C15H18N2O2. The fourth-order valence-electron chi connectivity index (χ4n) is 1.73. The molecule has 0 aliphatic heterocycles. The normalized spacial score (nSPS) is 11.3. The summed E-state index contributed by atoms with van der Waals surface area (Å²) in [5, 5.41) is 21.4. The van der Waals surface area contributed by atoms with Crippen LogP contribution in [0.3, 0.4) is 0 Å². The number of nitrogens with one attached hydrogen (secondary N) is 1. The van der Waals surface area contributed by atoms with Crippen LogP contribution in [0.2, 0.25) is 0 Å². The molecule has 1 aromatic rings. The Kier molecular flexibility index (Phi) is 4.71. The van der Waals surface area contributed by atoms with Gasteiger partial charge in [0.1, 0.15) is 17.4 Å². The summed E-state index contributed by atoms with van der Waals surface area (Å²) < 4.78 is 0. The molecule has 4 nitrogen and oxygen atoms in total. The molecule has 4 heteroatoms. The molecule has 0 saturated heterocycles. The van der Waals surface area contributed by atoms with Crippen LogP contribution in [0.25, 0.3) is 6.08 Å². The van der Waals surface area contributed by atoms with Gasteiger partial charge in [-0.3, -0.25) is 4.79 Å². The van der Waals surface area contributed by atoms with Crippen LogP contribution in [-0.4, -0.2) is 17.1 Å². The van der Waals surface area contributed by atoms with Gasteiger partial charge in [0.05, 0.1) is 0 Å². The minimum atomic E-state index is -0.388. The van der Waals surface area contributed by atoms with Gasteiger partial charge in [0.15, 0.2) is 0 Å². The summed E-state index contributed by atoms with van der Waals surface area (Å²) in [6.07, 6.45) is 1.52. The highest BCUT2D eigenvalue weighted by molar-refractivity contribution is 6.01. The lowest BCUT2D eigenvalue weighted by Gasteiger charge is -2.08. The van der Waals surface area contributed by atoms with E-state index < -0.39 is 0 Å². The zero-order valence-electron chi connectivity index (χ0n) is 11.6. The molecule has 0 aliphatic rings. The molecule has 2 N–H and O–H groups in total. The maximum absolute atomic E-state index is 11.8. The average Bonchev–Trinajstić information content (AvgIpc) is 2.31. The Bertz CT molecular complexity index is 543. The van der Waals surface area contributed by atoms with Crippen molar-refractivity contribution in [1.29, 1.82) is 5.26 Å². The molecule has 0 bridgehead atoms. The van der Waals surface area contributed by atoms with Crippen molar-refractivity contribution in [3.8, 4) is 11.8 Å². The summed E-state index contributed by atoms with van der Waals surface area (Å²) in [6, 6.07) is 5.35. The summed E-state index contributed by atoms with van der Waals surface area (Å²) in [5.74, 6) is -0.150. The van der Waals surface area contributed by atoms with Crippen LogP contribution in [0.5, 0.6) is 5.75 Å². The number of aromatic hydroxyl groups is 1. The first-order chi connectivity index (χ1) is 8.85. The summed E-state index contributed by atoms with van der Waals surface area (Å²) in [7, 11) is 0. The van der Waals surface area contributed by atoms with Gasteiger partial charge in [-0.05, 0) is 62.6 Å². The molecule has 0 heterocycles. The zero-order chi connectivity index (χ0) is 14.6. The first-order valence-corrected chi connectivity index (χ1v) is 6.08. The third-order valence-electron chi connectivity index (χ3n) is 2.61. The lowest BCUT2D eigenvalue weighted by Crippen LogP contribution is -2.30. The molecule has 0 unspecified atom stereocenters. The van der Waals surface area contributed by atoms with Gasteiger partial charge in [-0.2, -0.15) is 5.26 Å². The number of benzene rings is 1. The fourth-order valence-corrected chi connectivity index (χ4v) is 1.73. The molecule has 0 radical (unpaired) electrons. The Hall–Kier alpha value is -2.28. The number of amides is 1. The number of hydrogen-bond donors (Lipinski definition) is 2. The number of phenolic OH excluding ortho intramolecular Hbond substituents is 1. The highest BCUT2D eigenvalue weighted by Crippen LogP contribution is 2.24. The van der Waals surface area contributed by atoms with E-state index in [4.69, 9.17) is 5.26 Å². The van der Waals surface area contributed by atoms with E-state index in [2.05, 4.69) is 5.32 Å². The minimum Gasteiger partial charge on any atom is -0.507 e. The van der Waals surface area contributed by atoms with Crippen LogP contribution in [0.1, 0.15) is 30.5 Å². The molecule has 0 aliphatic carbocycles. The first kappa shape index (κ1) is 14.8. The van der Waals surface area contributed by atoms with Gasteiger partial charge in [-0.1, -0.05) is 0 Å². The van der Waals surface area contributed by atoms with E-state index in [1.165, 1.54) is 6.08 Å². The van der Waals surface area contributed by atoms with E-state index >= 15 is 0 Å². The number of carbonyl (C=O) groups excluding carboxylic acids is 1. The molecule has 19 heavy (non-hydrogen) atoms. The van der Waals surface area contributed by atoms with Crippen molar-refractivity contribution < 1.29 is 9.90 Å². The average molecular weight is 258 g/mol. The van der Waals surface area contributed by atoms with E-state index in [9.17, 15) is 9.90 Å². The van der Waals surface area contributed by atoms with E-state index in [-0.39, 0.29) is 23.3 Å². The van der Waals surface area contributed by atoms with Crippen LogP contribution in [0, 0.1) is 25.2 Å². The second kappa shape index (κ2) is 6.05. The Morgan fingerprint density at radius 3 is 2.32 bits per heavy atom. The smallest absolute Gasteiger partial charge is 0.262 e. The minimum absolute atomic E-state index is 0.0208. The number of rotatable bonds is 3. The highest BCUT2D eigenvalue weighted by atomic mass is 16.3.